The number of methoxy groups -OCH3 is 1. The first-order chi connectivity index (χ1) is 9.78. The van der Waals surface area contributed by atoms with Crippen molar-refractivity contribution < 1.29 is 9.84 Å². The first-order valence-electron chi connectivity index (χ1n) is 6.68. The minimum absolute atomic E-state index is 0.563. The van der Waals surface area contributed by atoms with Crippen molar-refractivity contribution in [3.8, 4) is 5.75 Å². The Bertz CT molecular complexity index is 584. The molecule has 0 bridgehead atoms. The van der Waals surface area contributed by atoms with Crippen molar-refractivity contribution in [2.45, 2.75) is 19.2 Å². The van der Waals surface area contributed by atoms with E-state index in [-0.39, 0.29) is 0 Å². The van der Waals surface area contributed by atoms with Crippen LogP contribution in [0, 0.1) is 0 Å². The highest BCUT2D eigenvalue weighted by molar-refractivity contribution is 5.35. The molecule has 6 heteroatoms. The SMILES string of the molecule is COc1ccccc1C(O)CN1CCn2cnnc2C1. The van der Waals surface area contributed by atoms with Crippen LogP contribution in [0.1, 0.15) is 17.5 Å². The van der Waals surface area contributed by atoms with Crippen molar-refractivity contribution in [2.75, 3.05) is 20.2 Å². The van der Waals surface area contributed by atoms with Gasteiger partial charge in [0.1, 0.15) is 17.9 Å². The molecular formula is C14H18N4O2. The summed E-state index contributed by atoms with van der Waals surface area (Å²) >= 11 is 0. The summed E-state index contributed by atoms with van der Waals surface area (Å²) in [5, 5.41) is 18.4. The number of hydrogen-bond acceptors (Lipinski definition) is 5. The molecule has 0 fully saturated rings. The number of ether oxygens (including phenoxy) is 1. The second-order valence-corrected chi connectivity index (χ2v) is 4.93. The minimum Gasteiger partial charge on any atom is -0.496 e. The number of fused-ring (bicyclic) bond motifs is 1. The molecule has 0 spiro atoms. The predicted molar refractivity (Wildman–Crippen MR) is 73.3 cm³/mol. The molecule has 2 aromatic rings. The van der Waals surface area contributed by atoms with Gasteiger partial charge in [0.25, 0.3) is 0 Å². The maximum atomic E-state index is 10.4. The number of nitrogens with zero attached hydrogens (tertiary/aromatic N) is 4. The van der Waals surface area contributed by atoms with Gasteiger partial charge in [-0.25, -0.2) is 0 Å². The van der Waals surface area contributed by atoms with E-state index in [9.17, 15) is 5.11 Å². The zero-order chi connectivity index (χ0) is 13.9. The van der Waals surface area contributed by atoms with Gasteiger partial charge in [-0.05, 0) is 6.07 Å². The van der Waals surface area contributed by atoms with Crippen molar-refractivity contribution in [1.29, 1.82) is 0 Å². The highest BCUT2D eigenvalue weighted by Crippen LogP contribution is 2.26. The van der Waals surface area contributed by atoms with Gasteiger partial charge >= 0.3 is 0 Å². The molecular weight excluding hydrogens is 256 g/mol. The quantitative estimate of drug-likeness (QED) is 0.895. The van der Waals surface area contributed by atoms with Crippen LogP contribution in [0.5, 0.6) is 5.75 Å². The molecule has 1 aromatic heterocycles. The van der Waals surface area contributed by atoms with E-state index < -0.39 is 6.10 Å². The summed E-state index contributed by atoms with van der Waals surface area (Å²) in [5.41, 5.74) is 0.821. The first-order valence-corrected chi connectivity index (χ1v) is 6.68. The maximum absolute atomic E-state index is 10.4. The van der Waals surface area contributed by atoms with Gasteiger partial charge in [-0.1, -0.05) is 18.2 Å². The summed E-state index contributed by atoms with van der Waals surface area (Å²) in [4.78, 5) is 2.18. The van der Waals surface area contributed by atoms with E-state index >= 15 is 0 Å². The highest BCUT2D eigenvalue weighted by Gasteiger charge is 2.21. The predicted octanol–water partition coefficient (Wildman–Crippen LogP) is 0.836. The van der Waals surface area contributed by atoms with Crippen LogP contribution in [0.15, 0.2) is 30.6 Å². The minimum atomic E-state index is -0.569. The number of benzene rings is 1. The van der Waals surface area contributed by atoms with E-state index in [2.05, 4.69) is 15.1 Å². The van der Waals surface area contributed by atoms with Crippen LogP contribution in [0.2, 0.25) is 0 Å². The van der Waals surface area contributed by atoms with E-state index in [4.69, 9.17) is 4.74 Å². The van der Waals surface area contributed by atoms with Gasteiger partial charge in [0.2, 0.25) is 0 Å². The van der Waals surface area contributed by atoms with Crippen LogP contribution >= 0.6 is 0 Å². The van der Waals surface area contributed by atoms with Crippen LogP contribution in [0.25, 0.3) is 0 Å². The maximum Gasteiger partial charge on any atom is 0.147 e. The van der Waals surface area contributed by atoms with Gasteiger partial charge in [-0.15, -0.1) is 10.2 Å². The number of β-amino-alcohol motifs (C(OH)–C–C–N with tert-alkyl or cyclic N) is 1. The van der Waals surface area contributed by atoms with Crippen molar-refractivity contribution >= 4 is 0 Å². The number of rotatable bonds is 4. The smallest absolute Gasteiger partial charge is 0.147 e. The summed E-state index contributed by atoms with van der Waals surface area (Å²) in [7, 11) is 1.62. The molecule has 1 atom stereocenters. The third kappa shape index (κ3) is 2.52. The largest absolute Gasteiger partial charge is 0.496 e. The monoisotopic (exact) mass is 274 g/mol. The molecule has 1 aliphatic heterocycles. The summed E-state index contributed by atoms with van der Waals surface area (Å²) in [6, 6.07) is 7.58. The normalized spacial score (nSPS) is 16.7. The number of aliphatic hydroxyl groups excluding tert-OH is 1. The Balaban J connectivity index is 1.69. The Morgan fingerprint density at radius 2 is 2.20 bits per heavy atom. The van der Waals surface area contributed by atoms with Gasteiger partial charge < -0.3 is 14.4 Å². The molecule has 1 aliphatic rings. The zero-order valence-corrected chi connectivity index (χ0v) is 11.4. The zero-order valence-electron chi connectivity index (χ0n) is 11.4. The fourth-order valence-corrected chi connectivity index (χ4v) is 2.56. The van der Waals surface area contributed by atoms with Crippen LogP contribution in [-0.2, 0) is 13.1 Å². The average Bonchev–Trinajstić information content (AvgIpc) is 2.94. The molecule has 20 heavy (non-hydrogen) atoms. The molecule has 0 saturated heterocycles. The molecule has 1 unspecified atom stereocenters. The molecule has 0 saturated carbocycles. The van der Waals surface area contributed by atoms with Crippen molar-refractivity contribution in [1.82, 2.24) is 19.7 Å². The van der Waals surface area contributed by atoms with E-state index in [1.54, 1.807) is 13.4 Å². The lowest BCUT2D eigenvalue weighted by Crippen LogP contribution is -2.36. The lowest BCUT2D eigenvalue weighted by molar-refractivity contribution is 0.0943. The molecule has 3 rings (SSSR count). The van der Waals surface area contributed by atoms with E-state index in [1.807, 2.05) is 28.8 Å². The van der Waals surface area contributed by atoms with E-state index in [0.717, 1.165) is 30.2 Å². The fourth-order valence-electron chi connectivity index (χ4n) is 2.56. The summed E-state index contributed by atoms with van der Waals surface area (Å²) < 4.78 is 7.34. The van der Waals surface area contributed by atoms with E-state index in [1.165, 1.54) is 0 Å². The summed E-state index contributed by atoms with van der Waals surface area (Å²) in [6.07, 6.45) is 1.18. The number of aliphatic hydroxyl groups is 1. The standard InChI is InChI=1S/C14H18N4O2/c1-20-13-5-3-2-4-11(13)12(19)8-17-6-7-18-10-15-16-14(18)9-17/h2-5,10,12,19H,6-9H2,1H3. The second kappa shape index (κ2) is 5.60. The number of hydrogen-bond donors (Lipinski definition) is 1. The fraction of sp³-hybridized carbons (Fsp3) is 0.429. The Morgan fingerprint density at radius 1 is 1.35 bits per heavy atom. The molecule has 0 amide bonds. The molecule has 1 aromatic carbocycles. The van der Waals surface area contributed by atoms with Gasteiger partial charge in [-0.2, -0.15) is 0 Å². The Morgan fingerprint density at radius 3 is 3.05 bits per heavy atom. The molecule has 0 radical (unpaired) electrons. The lowest BCUT2D eigenvalue weighted by atomic mass is 10.1. The topological polar surface area (TPSA) is 63.4 Å². The molecule has 1 N–H and O–H groups in total. The lowest BCUT2D eigenvalue weighted by Gasteiger charge is -2.29. The summed E-state index contributed by atoms with van der Waals surface area (Å²) in [5.74, 6) is 1.67. The van der Waals surface area contributed by atoms with Gasteiger partial charge in [0.15, 0.2) is 0 Å². The van der Waals surface area contributed by atoms with Gasteiger partial charge in [0, 0.05) is 25.2 Å². The van der Waals surface area contributed by atoms with Gasteiger partial charge in [-0.3, -0.25) is 4.90 Å². The number of aromatic nitrogens is 3. The van der Waals surface area contributed by atoms with Crippen molar-refractivity contribution in [3.63, 3.8) is 0 Å². The summed E-state index contributed by atoms with van der Waals surface area (Å²) in [6.45, 7) is 3.03. The van der Waals surface area contributed by atoms with E-state index in [0.29, 0.717) is 13.1 Å². The van der Waals surface area contributed by atoms with Crippen LogP contribution in [0.3, 0.4) is 0 Å². The third-order valence-electron chi connectivity index (χ3n) is 3.65. The molecule has 106 valence electrons. The Hall–Kier alpha value is -1.92. The average molecular weight is 274 g/mol. The molecule has 2 heterocycles. The van der Waals surface area contributed by atoms with Gasteiger partial charge in [0.05, 0.1) is 19.8 Å². The highest BCUT2D eigenvalue weighted by atomic mass is 16.5. The van der Waals surface area contributed by atoms with Crippen molar-refractivity contribution in [2.24, 2.45) is 0 Å². The van der Waals surface area contributed by atoms with Crippen LogP contribution in [-0.4, -0.2) is 45.0 Å². The molecule has 6 nitrogen and oxygen atoms in total. The van der Waals surface area contributed by atoms with Crippen molar-refractivity contribution in [3.05, 3.63) is 42.0 Å². The second-order valence-electron chi connectivity index (χ2n) is 4.93. The third-order valence-corrected chi connectivity index (χ3v) is 3.65. The van der Waals surface area contributed by atoms with Crippen LogP contribution < -0.4 is 4.74 Å². The molecule has 0 aliphatic carbocycles. The first kappa shape index (κ1) is 13.1. The van der Waals surface area contributed by atoms with Crippen LogP contribution in [0.4, 0.5) is 0 Å². The Kier molecular flexibility index (Phi) is 3.66. The number of para-hydroxylation sites is 1. The Labute approximate surface area is 117 Å².